The fourth-order valence-electron chi connectivity index (χ4n) is 3.04. The summed E-state index contributed by atoms with van der Waals surface area (Å²) >= 11 is 6.23. The number of aromatic nitrogens is 1. The van der Waals surface area contributed by atoms with E-state index in [1.165, 1.54) is 6.42 Å². The molecule has 0 spiro atoms. The molecule has 3 nitrogen and oxygen atoms in total. The van der Waals surface area contributed by atoms with Gasteiger partial charge < -0.3 is 4.90 Å². The molecule has 4 heteroatoms. The van der Waals surface area contributed by atoms with Crippen molar-refractivity contribution < 1.29 is 4.79 Å². The van der Waals surface area contributed by atoms with Gasteiger partial charge >= 0.3 is 0 Å². The first-order valence-electron chi connectivity index (χ1n) is 7.44. The van der Waals surface area contributed by atoms with Crippen LogP contribution < -0.4 is 0 Å². The lowest BCUT2D eigenvalue weighted by molar-refractivity contribution is 0.0545. The summed E-state index contributed by atoms with van der Waals surface area (Å²) < 4.78 is 0. The largest absolute Gasteiger partial charge is 0.334 e. The quantitative estimate of drug-likeness (QED) is 0.741. The van der Waals surface area contributed by atoms with Gasteiger partial charge in [0.15, 0.2) is 0 Å². The Morgan fingerprint density at radius 2 is 2.10 bits per heavy atom. The van der Waals surface area contributed by atoms with E-state index >= 15 is 0 Å². The number of nitrogens with zero attached hydrogens (tertiary/aromatic N) is 2. The van der Waals surface area contributed by atoms with Crippen LogP contribution in [0, 0.1) is 5.92 Å². The highest BCUT2D eigenvalue weighted by Gasteiger charge is 2.29. The van der Waals surface area contributed by atoms with Crippen molar-refractivity contribution in [2.75, 3.05) is 6.54 Å². The molecule has 1 aliphatic rings. The molecule has 2 atom stereocenters. The van der Waals surface area contributed by atoms with E-state index in [1.807, 2.05) is 35.2 Å². The Balaban J connectivity index is 1.98. The monoisotopic (exact) mass is 302 g/mol. The molecule has 2 heterocycles. The molecule has 3 rings (SSSR count). The minimum atomic E-state index is -0.0123. The predicted molar refractivity (Wildman–Crippen MR) is 85.6 cm³/mol. The standard InChI is InChI=1S/C17H19ClN2O/c1-11-6-5-9-20(12(11)2)17(21)15-10-13-7-3-4-8-14(13)16(18)19-15/h3-4,7-8,10-12H,5-6,9H2,1-2H3. The zero-order valence-corrected chi connectivity index (χ0v) is 13.1. The molecule has 2 unspecified atom stereocenters. The van der Waals surface area contributed by atoms with Gasteiger partial charge in [0.2, 0.25) is 0 Å². The van der Waals surface area contributed by atoms with E-state index in [4.69, 9.17) is 11.6 Å². The number of rotatable bonds is 1. The highest BCUT2D eigenvalue weighted by Crippen LogP contribution is 2.27. The molecular weight excluding hydrogens is 284 g/mol. The van der Waals surface area contributed by atoms with Crippen molar-refractivity contribution in [3.63, 3.8) is 0 Å². The van der Waals surface area contributed by atoms with Crippen LogP contribution in [0.15, 0.2) is 30.3 Å². The third-order valence-electron chi connectivity index (χ3n) is 4.55. The highest BCUT2D eigenvalue weighted by atomic mass is 35.5. The minimum Gasteiger partial charge on any atom is -0.334 e. The molecule has 0 N–H and O–H groups in total. The lowest BCUT2D eigenvalue weighted by Crippen LogP contribution is -2.46. The first-order valence-corrected chi connectivity index (χ1v) is 7.82. The Bertz CT molecular complexity index is 686. The molecule has 1 fully saturated rings. The lowest BCUT2D eigenvalue weighted by Gasteiger charge is -2.37. The van der Waals surface area contributed by atoms with Crippen LogP contribution in [0.5, 0.6) is 0 Å². The summed E-state index contributed by atoms with van der Waals surface area (Å²) in [6.07, 6.45) is 2.23. The van der Waals surface area contributed by atoms with E-state index in [0.29, 0.717) is 16.8 Å². The summed E-state index contributed by atoms with van der Waals surface area (Å²) in [6.45, 7) is 5.12. The van der Waals surface area contributed by atoms with E-state index in [9.17, 15) is 4.79 Å². The average molecular weight is 303 g/mol. The molecule has 21 heavy (non-hydrogen) atoms. The summed E-state index contributed by atoms with van der Waals surface area (Å²) in [7, 11) is 0. The first kappa shape index (κ1) is 14.3. The molecule has 1 aromatic carbocycles. The Morgan fingerprint density at radius 1 is 1.33 bits per heavy atom. The molecule has 2 aromatic rings. The first-order chi connectivity index (χ1) is 10.1. The number of hydrogen-bond acceptors (Lipinski definition) is 2. The number of likely N-dealkylation sites (tertiary alicyclic amines) is 1. The van der Waals surface area contributed by atoms with Crippen LogP contribution in [-0.2, 0) is 0 Å². The summed E-state index contributed by atoms with van der Waals surface area (Å²) in [6, 6.07) is 9.84. The molecule has 1 saturated heterocycles. The summed E-state index contributed by atoms with van der Waals surface area (Å²) in [4.78, 5) is 19.0. The maximum Gasteiger partial charge on any atom is 0.272 e. The number of pyridine rings is 1. The number of halogens is 1. The highest BCUT2D eigenvalue weighted by molar-refractivity contribution is 6.34. The van der Waals surface area contributed by atoms with Crippen molar-refractivity contribution in [2.24, 2.45) is 5.92 Å². The van der Waals surface area contributed by atoms with Crippen LogP contribution in [0.2, 0.25) is 5.15 Å². The molecule has 1 amide bonds. The van der Waals surface area contributed by atoms with Gasteiger partial charge in [0.25, 0.3) is 5.91 Å². The second-order valence-electron chi connectivity index (χ2n) is 5.88. The van der Waals surface area contributed by atoms with E-state index in [1.54, 1.807) is 0 Å². The molecule has 1 aliphatic heterocycles. The number of carbonyl (C=O) groups is 1. The zero-order chi connectivity index (χ0) is 15.0. The maximum absolute atomic E-state index is 12.8. The smallest absolute Gasteiger partial charge is 0.272 e. The van der Waals surface area contributed by atoms with Crippen molar-refractivity contribution in [3.05, 3.63) is 41.2 Å². The van der Waals surface area contributed by atoms with E-state index < -0.39 is 0 Å². The third-order valence-corrected chi connectivity index (χ3v) is 4.84. The van der Waals surface area contributed by atoms with Crippen LogP contribution in [0.25, 0.3) is 10.8 Å². The summed E-state index contributed by atoms with van der Waals surface area (Å²) in [5.74, 6) is 0.514. The van der Waals surface area contributed by atoms with Gasteiger partial charge in [-0.3, -0.25) is 4.79 Å². The van der Waals surface area contributed by atoms with Gasteiger partial charge in [-0.1, -0.05) is 42.8 Å². The minimum absolute atomic E-state index is 0.0123. The Kier molecular flexibility index (Phi) is 3.85. The third kappa shape index (κ3) is 2.62. The van der Waals surface area contributed by atoms with Gasteiger partial charge in [-0.2, -0.15) is 0 Å². The van der Waals surface area contributed by atoms with Crippen LogP contribution in [-0.4, -0.2) is 28.4 Å². The normalized spacial score (nSPS) is 22.5. The topological polar surface area (TPSA) is 33.2 Å². The van der Waals surface area contributed by atoms with Crippen LogP contribution in [0.1, 0.15) is 37.2 Å². The second kappa shape index (κ2) is 5.64. The van der Waals surface area contributed by atoms with Crippen molar-refractivity contribution in [1.29, 1.82) is 0 Å². The Hall–Kier alpha value is -1.61. The van der Waals surface area contributed by atoms with Crippen LogP contribution in [0.3, 0.4) is 0 Å². The van der Waals surface area contributed by atoms with Gasteiger partial charge in [-0.15, -0.1) is 0 Å². The van der Waals surface area contributed by atoms with Crippen molar-refractivity contribution in [3.8, 4) is 0 Å². The van der Waals surface area contributed by atoms with Gasteiger partial charge in [0.1, 0.15) is 10.8 Å². The molecule has 110 valence electrons. The van der Waals surface area contributed by atoms with E-state index in [-0.39, 0.29) is 11.9 Å². The Labute approximate surface area is 129 Å². The lowest BCUT2D eigenvalue weighted by atomic mass is 9.92. The number of carbonyl (C=O) groups excluding carboxylic acids is 1. The average Bonchev–Trinajstić information content (AvgIpc) is 2.49. The SMILES string of the molecule is CC1CCCN(C(=O)c2cc3ccccc3c(Cl)n2)C1C. The fourth-order valence-corrected chi connectivity index (χ4v) is 3.30. The zero-order valence-electron chi connectivity index (χ0n) is 12.3. The molecule has 0 aliphatic carbocycles. The predicted octanol–water partition coefficient (Wildman–Crippen LogP) is 4.15. The number of piperidine rings is 1. The molecular formula is C17H19ClN2O. The molecule has 1 aromatic heterocycles. The molecule has 0 saturated carbocycles. The number of hydrogen-bond donors (Lipinski definition) is 0. The molecule has 0 radical (unpaired) electrons. The van der Waals surface area contributed by atoms with Crippen molar-refractivity contribution in [1.82, 2.24) is 9.88 Å². The summed E-state index contributed by atoms with van der Waals surface area (Å²) in [5.41, 5.74) is 0.444. The van der Waals surface area contributed by atoms with Gasteiger partial charge in [0, 0.05) is 18.0 Å². The van der Waals surface area contributed by atoms with Gasteiger partial charge in [0.05, 0.1) is 0 Å². The Morgan fingerprint density at radius 3 is 2.90 bits per heavy atom. The second-order valence-corrected chi connectivity index (χ2v) is 6.24. The van der Waals surface area contributed by atoms with Gasteiger partial charge in [-0.05, 0) is 37.1 Å². The van der Waals surface area contributed by atoms with E-state index in [0.717, 1.165) is 23.7 Å². The maximum atomic E-state index is 12.8. The van der Waals surface area contributed by atoms with Crippen molar-refractivity contribution >= 4 is 28.3 Å². The van der Waals surface area contributed by atoms with E-state index in [2.05, 4.69) is 18.8 Å². The number of amides is 1. The van der Waals surface area contributed by atoms with Crippen LogP contribution in [0.4, 0.5) is 0 Å². The summed E-state index contributed by atoms with van der Waals surface area (Å²) in [5, 5.41) is 2.24. The number of fused-ring (bicyclic) bond motifs is 1. The number of benzene rings is 1. The van der Waals surface area contributed by atoms with Crippen molar-refractivity contribution in [2.45, 2.75) is 32.7 Å². The molecule has 0 bridgehead atoms. The van der Waals surface area contributed by atoms with Crippen LogP contribution >= 0.6 is 11.6 Å². The fraction of sp³-hybridized carbons (Fsp3) is 0.412. The van der Waals surface area contributed by atoms with Gasteiger partial charge in [-0.25, -0.2) is 4.98 Å².